The number of hydrogen-bond donors (Lipinski definition) is 1. The lowest BCUT2D eigenvalue weighted by Crippen LogP contribution is -2.12. The monoisotopic (exact) mass is 324 g/mol. The molecule has 1 aromatic heterocycles. The summed E-state index contributed by atoms with van der Waals surface area (Å²) in [6.07, 6.45) is 1.70. The average molecular weight is 325 g/mol. The second-order valence-corrected chi connectivity index (χ2v) is 4.80. The fourth-order valence-corrected chi connectivity index (χ4v) is 1.90. The molecule has 0 saturated heterocycles. The normalized spacial score (nSPS) is 10.5. The molecule has 1 heterocycles. The predicted octanol–water partition coefficient (Wildman–Crippen LogP) is 3.89. The molecule has 0 aliphatic heterocycles. The fourth-order valence-electron chi connectivity index (χ4n) is 1.55. The number of ether oxygens (including phenoxy) is 1. The van der Waals surface area contributed by atoms with Crippen LogP contribution in [0, 0.1) is 5.82 Å². The molecule has 0 amide bonds. The molecule has 0 radical (unpaired) electrons. The Balaban J connectivity index is 2.11. The average Bonchev–Trinajstić information content (AvgIpc) is 2.41. The number of aromatic nitrogens is 1. The van der Waals surface area contributed by atoms with Crippen LogP contribution in [-0.4, -0.2) is 11.5 Å². The summed E-state index contributed by atoms with van der Waals surface area (Å²) >= 11 is 3.13. The highest BCUT2D eigenvalue weighted by Crippen LogP contribution is 2.26. The summed E-state index contributed by atoms with van der Waals surface area (Å²) in [5.74, 6) is 0.949. The van der Waals surface area contributed by atoms with Crippen molar-refractivity contribution in [2.75, 3.05) is 6.54 Å². The Morgan fingerprint density at radius 2 is 2.05 bits per heavy atom. The summed E-state index contributed by atoms with van der Waals surface area (Å²) in [4.78, 5) is 4.24. The Hall–Kier alpha value is -1.46. The maximum absolute atomic E-state index is 13.1. The van der Waals surface area contributed by atoms with E-state index in [0.29, 0.717) is 22.5 Å². The van der Waals surface area contributed by atoms with Gasteiger partial charge in [-0.2, -0.15) is 0 Å². The first-order valence-corrected chi connectivity index (χ1v) is 6.77. The molecular formula is C14H14BrFN2O. The molecule has 5 heteroatoms. The minimum Gasteiger partial charge on any atom is -0.457 e. The molecule has 100 valence electrons. The fraction of sp³-hybridized carbons (Fsp3) is 0.214. The van der Waals surface area contributed by atoms with Crippen LogP contribution < -0.4 is 10.1 Å². The lowest BCUT2D eigenvalue weighted by molar-refractivity contribution is 0.477. The van der Waals surface area contributed by atoms with Gasteiger partial charge in [0.15, 0.2) is 0 Å². The molecule has 0 unspecified atom stereocenters. The summed E-state index contributed by atoms with van der Waals surface area (Å²) in [5, 5.41) is 3.20. The third-order valence-electron chi connectivity index (χ3n) is 2.47. The molecule has 1 aromatic carbocycles. The minimum absolute atomic E-state index is 0.310. The maximum Gasteiger partial charge on any atom is 0.137 e. The molecule has 0 atom stereocenters. The summed E-state index contributed by atoms with van der Waals surface area (Å²) in [7, 11) is 0. The largest absolute Gasteiger partial charge is 0.457 e. The van der Waals surface area contributed by atoms with Crippen molar-refractivity contribution in [2.24, 2.45) is 0 Å². The third-order valence-corrected chi connectivity index (χ3v) is 3.08. The van der Waals surface area contributed by atoms with Gasteiger partial charge in [-0.15, -0.1) is 0 Å². The van der Waals surface area contributed by atoms with Crippen LogP contribution in [0.1, 0.15) is 12.6 Å². The first-order chi connectivity index (χ1) is 9.19. The van der Waals surface area contributed by atoms with E-state index in [-0.39, 0.29) is 5.82 Å². The van der Waals surface area contributed by atoms with Crippen molar-refractivity contribution in [3.63, 3.8) is 0 Å². The molecule has 0 saturated carbocycles. The van der Waals surface area contributed by atoms with Gasteiger partial charge < -0.3 is 10.1 Å². The molecule has 0 aliphatic carbocycles. The number of benzene rings is 1. The Kier molecular flexibility index (Phi) is 4.87. The van der Waals surface area contributed by atoms with Gasteiger partial charge in [-0.25, -0.2) is 4.39 Å². The lowest BCUT2D eigenvalue weighted by Gasteiger charge is -2.08. The van der Waals surface area contributed by atoms with Crippen LogP contribution in [-0.2, 0) is 6.54 Å². The van der Waals surface area contributed by atoms with Crippen LogP contribution in [0.4, 0.5) is 4.39 Å². The second-order valence-electron chi connectivity index (χ2n) is 3.94. The Morgan fingerprint density at radius 1 is 1.26 bits per heavy atom. The van der Waals surface area contributed by atoms with E-state index in [0.717, 1.165) is 12.2 Å². The topological polar surface area (TPSA) is 34.1 Å². The molecular weight excluding hydrogens is 311 g/mol. The van der Waals surface area contributed by atoms with E-state index < -0.39 is 0 Å². The van der Waals surface area contributed by atoms with E-state index in [1.807, 2.05) is 13.0 Å². The number of halogens is 2. The zero-order valence-electron chi connectivity index (χ0n) is 10.5. The first kappa shape index (κ1) is 14.0. The van der Waals surface area contributed by atoms with E-state index >= 15 is 0 Å². The van der Waals surface area contributed by atoms with E-state index in [4.69, 9.17) is 4.74 Å². The standard InChI is InChI=1S/C14H14BrFN2O/c1-2-17-9-10-7-12(5-6-18-10)19-11-3-4-14(16)13(15)8-11/h3-8,17H,2,9H2,1H3. The molecule has 2 aromatic rings. The first-order valence-electron chi connectivity index (χ1n) is 5.97. The van der Waals surface area contributed by atoms with Crippen molar-refractivity contribution in [3.8, 4) is 11.5 Å². The van der Waals surface area contributed by atoms with Gasteiger partial charge in [0.05, 0.1) is 10.2 Å². The Labute approximate surface area is 119 Å². The van der Waals surface area contributed by atoms with E-state index in [9.17, 15) is 4.39 Å². The van der Waals surface area contributed by atoms with Gasteiger partial charge in [0.2, 0.25) is 0 Å². The Morgan fingerprint density at radius 3 is 2.79 bits per heavy atom. The summed E-state index contributed by atoms with van der Waals surface area (Å²) in [6, 6.07) is 8.18. The van der Waals surface area contributed by atoms with Crippen LogP contribution in [0.3, 0.4) is 0 Å². The Bertz CT molecular complexity index is 563. The number of nitrogens with zero attached hydrogens (tertiary/aromatic N) is 1. The number of pyridine rings is 1. The van der Waals surface area contributed by atoms with Crippen molar-refractivity contribution in [3.05, 3.63) is 52.5 Å². The smallest absolute Gasteiger partial charge is 0.137 e. The van der Waals surface area contributed by atoms with Gasteiger partial charge in [0.25, 0.3) is 0 Å². The molecule has 0 bridgehead atoms. The summed E-state index contributed by atoms with van der Waals surface area (Å²) < 4.78 is 19.2. The molecule has 19 heavy (non-hydrogen) atoms. The number of hydrogen-bond acceptors (Lipinski definition) is 3. The summed E-state index contributed by atoms with van der Waals surface area (Å²) in [6.45, 7) is 3.62. The van der Waals surface area contributed by atoms with E-state index in [1.165, 1.54) is 6.07 Å². The minimum atomic E-state index is -0.310. The van der Waals surface area contributed by atoms with Crippen molar-refractivity contribution in [1.29, 1.82) is 0 Å². The molecule has 0 fully saturated rings. The molecule has 3 nitrogen and oxygen atoms in total. The molecule has 0 aliphatic rings. The van der Waals surface area contributed by atoms with Crippen LogP contribution in [0.25, 0.3) is 0 Å². The lowest BCUT2D eigenvalue weighted by atomic mass is 10.3. The zero-order valence-corrected chi connectivity index (χ0v) is 12.1. The van der Waals surface area contributed by atoms with Crippen LogP contribution >= 0.6 is 15.9 Å². The van der Waals surface area contributed by atoms with Gasteiger partial charge >= 0.3 is 0 Å². The second kappa shape index (κ2) is 6.63. The van der Waals surface area contributed by atoms with Gasteiger partial charge in [0, 0.05) is 18.8 Å². The van der Waals surface area contributed by atoms with Crippen LogP contribution in [0.5, 0.6) is 11.5 Å². The van der Waals surface area contributed by atoms with Crippen molar-refractivity contribution >= 4 is 15.9 Å². The summed E-state index contributed by atoms with van der Waals surface area (Å²) in [5.41, 5.74) is 0.903. The van der Waals surface area contributed by atoms with Gasteiger partial charge in [-0.1, -0.05) is 6.92 Å². The number of nitrogens with one attached hydrogen (secondary N) is 1. The van der Waals surface area contributed by atoms with Crippen LogP contribution in [0.2, 0.25) is 0 Å². The van der Waals surface area contributed by atoms with Crippen LogP contribution in [0.15, 0.2) is 41.0 Å². The van der Waals surface area contributed by atoms with Crippen molar-refractivity contribution in [1.82, 2.24) is 10.3 Å². The van der Waals surface area contributed by atoms with Gasteiger partial charge in [0.1, 0.15) is 17.3 Å². The highest BCUT2D eigenvalue weighted by molar-refractivity contribution is 9.10. The predicted molar refractivity (Wildman–Crippen MR) is 75.8 cm³/mol. The quantitative estimate of drug-likeness (QED) is 0.906. The maximum atomic E-state index is 13.1. The number of rotatable bonds is 5. The van der Waals surface area contributed by atoms with E-state index in [1.54, 1.807) is 24.4 Å². The highest BCUT2D eigenvalue weighted by atomic mass is 79.9. The van der Waals surface area contributed by atoms with Crippen molar-refractivity contribution in [2.45, 2.75) is 13.5 Å². The molecule has 1 N–H and O–H groups in total. The molecule has 0 spiro atoms. The van der Waals surface area contributed by atoms with Crippen molar-refractivity contribution < 1.29 is 9.13 Å². The zero-order chi connectivity index (χ0) is 13.7. The third kappa shape index (κ3) is 4.01. The van der Waals surface area contributed by atoms with E-state index in [2.05, 4.69) is 26.2 Å². The van der Waals surface area contributed by atoms with Gasteiger partial charge in [-0.3, -0.25) is 4.98 Å². The highest BCUT2D eigenvalue weighted by Gasteiger charge is 2.03. The molecule has 2 rings (SSSR count). The van der Waals surface area contributed by atoms with Gasteiger partial charge in [-0.05, 0) is 46.7 Å². The SMILES string of the molecule is CCNCc1cc(Oc2ccc(F)c(Br)c2)ccn1.